The van der Waals surface area contributed by atoms with Crippen molar-refractivity contribution < 1.29 is 13.2 Å². The molecule has 0 aromatic carbocycles. The first-order valence-electron chi connectivity index (χ1n) is 4.98. The van der Waals surface area contributed by atoms with E-state index in [-0.39, 0.29) is 6.42 Å². The van der Waals surface area contributed by atoms with E-state index in [1.807, 2.05) is 6.92 Å². The Hall–Kier alpha value is -1.08. The number of aromatic nitrogens is 2. The molecule has 0 saturated carbocycles. The summed E-state index contributed by atoms with van der Waals surface area (Å²) in [6, 6.07) is -0.811. The minimum absolute atomic E-state index is 0.218. The highest BCUT2D eigenvalue weighted by Crippen LogP contribution is 2.22. The second-order valence-electron chi connectivity index (χ2n) is 3.59. The number of nitrogens with zero attached hydrogens (tertiary/aromatic N) is 2. The van der Waals surface area contributed by atoms with Crippen LogP contribution in [0.4, 0.5) is 13.2 Å². The van der Waals surface area contributed by atoms with E-state index in [1.54, 1.807) is 17.1 Å². The fourth-order valence-electron chi connectivity index (χ4n) is 1.44. The number of halogens is 3. The molecule has 0 fully saturated rings. The quantitative estimate of drug-likeness (QED) is 0.597. The van der Waals surface area contributed by atoms with Crippen molar-refractivity contribution in [2.24, 2.45) is 5.84 Å². The Kier molecular flexibility index (Phi) is 4.31. The number of hydrazine groups is 1. The van der Waals surface area contributed by atoms with Gasteiger partial charge in [0.1, 0.15) is 0 Å². The fraction of sp³-hybridized carbons (Fsp3) is 0.667. The van der Waals surface area contributed by atoms with Crippen LogP contribution in [-0.4, -0.2) is 22.0 Å². The molecule has 7 heteroatoms. The lowest BCUT2D eigenvalue weighted by molar-refractivity contribution is -0.140. The summed E-state index contributed by atoms with van der Waals surface area (Å²) in [4.78, 5) is 0. The van der Waals surface area contributed by atoms with E-state index in [1.165, 1.54) is 0 Å². The predicted molar refractivity (Wildman–Crippen MR) is 53.4 cm³/mol. The SMILES string of the molecule is CCn1cc(CC(CC(F)(F)F)NN)cn1. The first-order chi connectivity index (χ1) is 7.44. The second kappa shape index (κ2) is 5.31. The van der Waals surface area contributed by atoms with Crippen molar-refractivity contribution in [3.05, 3.63) is 18.0 Å². The maximum absolute atomic E-state index is 12.2. The summed E-state index contributed by atoms with van der Waals surface area (Å²) >= 11 is 0. The lowest BCUT2D eigenvalue weighted by atomic mass is 10.1. The third-order valence-corrected chi connectivity index (χ3v) is 2.21. The van der Waals surface area contributed by atoms with Gasteiger partial charge < -0.3 is 0 Å². The largest absolute Gasteiger partial charge is 0.390 e. The number of nitrogens with one attached hydrogen (secondary N) is 1. The fourth-order valence-corrected chi connectivity index (χ4v) is 1.44. The van der Waals surface area contributed by atoms with Crippen molar-refractivity contribution >= 4 is 0 Å². The smallest absolute Gasteiger partial charge is 0.273 e. The molecule has 92 valence electrons. The van der Waals surface area contributed by atoms with Gasteiger partial charge in [0.15, 0.2) is 0 Å². The van der Waals surface area contributed by atoms with Crippen molar-refractivity contribution in [2.45, 2.75) is 38.5 Å². The molecule has 0 aliphatic heterocycles. The third kappa shape index (κ3) is 4.19. The van der Waals surface area contributed by atoms with Gasteiger partial charge in [0.05, 0.1) is 12.6 Å². The lowest BCUT2D eigenvalue weighted by Crippen LogP contribution is -2.40. The van der Waals surface area contributed by atoms with E-state index in [0.29, 0.717) is 6.54 Å². The van der Waals surface area contributed by atoms with Gasteiger partial charge >= 0.3 is 6.18 Å². The standard InChI is InChI=1S/C9H15F3N4/c1-2-16-6-7(5-14-16)3-8(15-13)4-9(10,11)12/h5-6,8,15H,2-4,13H2,1H3. The molecule has 0 aliphatic rings. The zero-order chi connectivity index (χ0) is 12.2. The zero-order valence-electron chi connectivity index (χ0n) is 8.96. The van der Waals surface area contributed by atoms with Gasteiger partial charge in [0.25, 0.3) is 0 Å². The molecule has 0 saturated heterocycles. The highest BCUT2D eigenvalue weighted by molar-refractivity contribution is 5.06. The summed E-state index contributed by atoms with van der Waals surface area (Å²) in [7, 11) is 0. The third-order valence-electron chi connectivity index (χ3n) is 2.21. The number of aryl methyl sites for hydroxylation is 1. The van der Waals surface area contributed by atoms with Gasteiger partial charge in [-0.3, -0.25) is 16.0 Å². The van der Waals surface area contributed by atoms with E-state index in [4.69, 9.17) is 5.84 Å². The van der Waals surface area contributed by atoms with Gasteiger partial charge in [-0.1, -0.05) is 0 Å². The van der Waals surface area contributed by atoms with Gasteiger partial charge in [-0.05, 0) is 18.9 Å². The van der Waals surface area contributed by atoms with Crippen LogP contribution in [0.15, 0.2) is 12.4 Å². The van der Waals surface area contributed by atoms with E-state index in [0.717, 1.165) is 5.56 Å². The highest BCUT2D eigenvalue weighted by Gasteiger charge is 2.31. The Labute approximate surface area is 91.6 Å². The van der Waals surface area contributed by atoms with Crippen LogP contribution in [-0.2, 0) is 13.0 Å². The summed E-state index contributed by atoms with van der Waals surface area (Å²) in [6.07, 6.45) is -1.65. The Morgan fingerprint density at radius 3 is 2.69 bits per heavy atom. The summed E-state index contributed by atoms with van der Waals surface area (Å²) in [5.41, 5.74) is 2.92. The lowest BCUT2D eigenvalue weighted by Gasteiger charge is -2.16. The number of hydrogen-bond acceptors (Lipinski definition) is 3. The zero-order valence-corrected chi connectivity index (χ0v) is 8.96. The van der Waals surface area contributed by atoms with E-state index < -0.39 is 18.6 Å². The first-order valence-corrected chi connectivity index (χ1v) is 4.98. The maximum Gasteiger partial charge on any atom is 0.390 e. The molecule has 1 aromatic heterocycles. The van der Waals surface area contributed by atoms with Crippen molar-refractivity contribution in [1.29, 1.82) is 0 Å². The molecule has 1 atom stereocenters. The van der Waals surface area contributed by atoms with Crippen LogP contribution in [0.1, 0.15) is 18.9 Å². The van der Waals surface area contributed by atoms with Crippen LogP contribution < -0.4 is 11.3 Å². The second-order valence-corrected chi connectivity index (χ2v) is 3.59. The van der Waals surface area contributed by atoms with E-state index >= 15 is 0 Å². The molecular weight excluding hydrogens is 221 g/mol. The van der Waals surface area contributed by atoms with Crippen molar-refractivity contribution in [3.63, 3.8) is 0 Å². The molecule has 3 N–H and O–H groups in total. The van der Waals surface area contributed by atoms with Crippen LogP contribution in [0, 0.1) is 0 Å². The minimum Gasteiger partial charge on any atom is -0.273 e. The van der Waals surface area contributed by atoms with Crippen LogP contribution in [0.25, 0.3) is 0 Å². The molecule has 1 rings (SSSR count). The number of hydrogen-bond donors (Lipinski definition) is 2. The molecule has 4 nitrogen and oxygen atoms in total. The van der Waals surface area contributed by atoms with Crippen LogP contribution in [0.3, 0.4) is 0 Å². The molecule has 0 spiro atoms. The van der Waals surface area contributed by atoms with Crippen molar-refractivity contribution in [2.75, 3.05) is 0 Å². The van der Waals surface area contributed by atoms with Crippen LogP contribution >= 0.6 is 0 Å². The van der Waals surface area contributed by atoms with Gasteiger partial charge in [-0.15, -0.1) is 0 Å². The Morgan fingerprint density at radius 1 is 1.56 bits per heavy atom. The molecule has 1 unspecified atom stereocenters. The maximum atomic E-state index is 12.2. The van der Waals surface area contributed by atoms with Crippen LogP contribution in [0.5, 0.6) is 0 Å². The monoisotopic (exact) mass is 236 g/mol. The molecule has 1 heterocycles. The minimum atomic E-state index is -4.21. The summed E-state index contributed by atoms with van der Waals surface area (Å²) in [6.45, 7) is 2.60. The summed E-state index contributed by atoms with van der Waals surface area (Å²) in [5.74, 6) is 5.09. The van der Waals surface area contributed by atoms with E-state index in [2.05, 4.69) is 10.5 Å². The molecule has 0 radical (unpaired) electrons. The number of alkyl halides is 3. The Bertz CT molecular complexity index is 321. The summed E-state index contributed by atoms with van der Waals surface area (Å²) in [5, 5.41) is 3.99. The van der Waals surface area contributed by atoms with Crippen molar-refractivity contribution in [1.82, 2.24) is 15.2 Å². The van der Waals surface area contributed by atoms with Crippen molar-refractivity contribution in [3.8, 4) is 0 Å². The topological polar surface area (TPSA) is 55.9 Å². The highest BCUT2D eigenvalue weighted by atomic mass is 19.4. The molecule has 0 bridgehead atoms. The molecule has 1 aromatic rings. The molecule has 0 amide bonds. The van der Waals surface area contributed by atoms with Gasteiger partial charge in [0.2, 0.25) is 0 Å². The average Bonchev–Trinajstić information content (AvgIpc) is 2.62. The predicted octanol–water partition coefficient (Wildman–Crippen LogP) is 1.23. The Morgan fingerprint density at radius 2 is 2.25 bits per heavy atom. The number of rotatable bonds is 5. The Balaban J connectivity index is 2.56. The normalized spacial score (nSPS) is 14.1. The summed E-state index contributed by atoms with van der Waals surface area (Å²) < 4.78 is 38.1. The molecular formula is C9H15F3N4. The van der Waals surface area contributed by atoms with Gasteiger partial charge in [0, 0.05) is 18.8 Å². The molecule has 16 heavy (non-hydrogen) atoms. The van der Waals surface area contributed by atoms with E-state index in [9.17, 15) is 13.2 Å². The van der Waals surface area contributed by atoms with Gasteiger partial charge in [-0.2, -0.15) is 18.3 Å². The first kappa shape index (κ1) is 13.0. The average molecular weight is 236 g/mol. The number of nitrogens with two attached hydrogens (primary N) is 1. The van der Waals surface area contributed by atoms with Crippen LogP contribution in [0.2, 0.25) is 0 Å². The molecule has 0 aliphatic carbocycles. The van der Waals surface area contributed by atoms with Gasteiger partial charge in [-0.25, -0.2) is 0 Å².